The first kappa shape index (κ1) is 14.9. The summed E-state index contributed by atoms with van der Waals surface area (Å²) in [4.78, 5) is 10.3. The molecule has 7 heteroatoms. The molecule has 2 rings (SSSR count). The molecule has 5 nitrogen and oxygen atoms in total. The number of rotatable bonds is 4. The van der Waals surface area contributed by atoms with E-state index in [0.29, 0.717) is 13.0 Å². The fourth-order valence-corrected chi connectivity index (χ4v) is 4.35. The SMILES string of the molecule is CCC1CCCN1S(=O)(=O)c1cc(C(=O)O)ccc1F. The molecule has 1 unspecified atom stereocenters. The minimum atomic E-state index is -3.99. The van der Waals surface area contributed by atoms with E-state index in [4.69, 9.17) is 5.11 Å². The van der Waals surface area contributed by atoms with Crippen LogP contribution < -0.4 is 0 Å². The molecule has 1 N–H and O–H groups in total. The van der Waals surface area contributed by atoms with E-state index in [9.17, 15) is 17.6 Å². The van der Waals surface area contributed by atoms with E-state index in [0.717, 1.165) is 31.0 Å². The number of hydrogen-bond donors (Lipinski definition) is 1. The number of carboxylic acid groups (broad SMARTS) is 1. The Morgan fingerprint density at radius 2 is 2.20 bits per heavy atom. The standard InChI is InChI=1S/C13H16FNO4S/c1-2-10-4-3-7-15(10)20(18,19)12-8-9(13(16)17)5-6-11(12)14/h5-6,8,10H,2-4,7H2,1H3,(H,16,17). The molecule has 0 aliphatic carbocycles. The van der Waals surface area contributed by atoms with Crippen LogP contribution in [-0.4, -0.2) is 36.4 Å². The van der Waals surface area contributed by atoms with Crippen molar-refractivity contribution < 1.29 is 22.7 Å². The van der Waals surface area contributed by atoms with Crippen LogP contribution in [0.1, 0.15) is 36.5 Å². The number of carbonyl (C=O) groups is 1. The first-order valence-corrected chi connectivity index (χ1v) is 7.86. The third-order valence-corrected chi connectivity index (χ3v) is 5.53. The lowest BCUT2D eigenvalue weighted by atomic mass is 10.2. The Labute approximate surface area is 117 Å². The molecule has 110 valence electrons. The Kier molecular flexibility index (Phi) is 4.10. The number of nitrogens with zero attached hydrogens (tertiary/aromatic N) is 1. The van der Waals surface area contributed by atoms with Crippen molar-refractivity contribution in [3.8, 4) is 0 Å². The lowest BCUT2D eigenvalue weighted by molar-refractivity contribution is 0.0696. The second-order valence-electron chi connectivity index (χ2n) is 4.77. The second-order valence-corrected chi connectivity index (χ2v) is 6.63. The Bertz CT molecular complexity index is 629. The lowest BCUT2D eigenvalue weighted by Gasteiger charge is -2.23. The predicted molar refractivity (Wildman–Crippen MR) is 70.6 cm³/mol. The number of carboxylic acids is 1. The van der Waals surface area contributed by atoms with Gasteiger partial charge in [0.1, 0.15) is 10.7 Å². The van der Waals surface area contributed by atoms with Gasteiger partial charge in [-0.15, -0.1) is 0 Å². The van der Waals surface area contributed by atoms with Crippen molar-refractivity contribution in [3.63, 3.8) is 0 Å². The van der Waals surface area contributed by atoms with Gasteiger partial charge in [0.25, 0.3) is 0 Å². The summed E-state index contributed by atoms with van der Waals surface area (Å²) in [5, 5.41) is 8.90. The molecule has 1 heterocycles. The molecule has 1 aliphatic rings. The Hall–Kier alpha value is -1.47. The van der Waals surface area contributed by atoms with Gasteiger partial charge < -0.3 is 5.11 Å². The van der Waals surface area contributed by atoms with Gasteiger partial charge in [-0.05, 0) is 37.5 Å². The van der Waals surface area contributed by atoms with Gasteiger partial charge >= 0.3 is 5.97 Å². The number of hydrogen-bond acceptors (Lipinski definition) is 3. The molecular weight excluding hydrogens is 285 g/mol. The molecule has 0 aromatic heterocycles. The summed E-state index contributed by atoms with van der Waals surface area (Å²) in [5.41, 5.74) is -0.239. The minimum absolute atomic E-state index is 0.145. The summed E-state index contributed by atoms with van der Waals surface area (Å²) in [5.74, 6) is -2.20. The molecule has 1 aromatic rings. The third-order valence-electron chi connectivity index (χ3n) is 3.56. The fourth-order valence-electron chi connectivity index (χ4n) is 2.49. The van der Waals surface area contributed by atoms with Crippen molar-refractivity contribution in [3.05, 3.63) is 29.6 Å². The van der Waals surface area contributed by atoms with E-state index in [1.807, 2.05) is 6.92 Å². The molecule has 1 atom stereocenters. The zero-order chi connectivity index (χ0) is 14.9. The molecule has 0 radical (unpaired) electrons. The molecule has 1 saturated heterocycles. The average Bonchev–Trinajstić information content (AvgIpc) is 2.87. The van der Waals surface area contributed by atoms with Crippen LogP contribution in [0.2, 0.25) is 0 Å². The quantitative estimate of drug-likeness (QED) is 0.924. The highest BCUT2D eigenvalue weighted by Gasteiger charge is 2.36. The lowest BCUT2D eigenvalue weighted by Crippen LogP contribution is -2.35. The maximum absolute atomic E-state index is 13.8. The van der Waals surface area contributed by atoms with Crippen LogP contribution in [0.25, 0.3) is 0 Å². The smallest absolute Gasteiger partial charge is 0.335 e. The topological polar surface area (TPSA) is 74.7 Å². The molecule has 0 bridgehead atoms. The zero-order valence-corrected chi connectivity index (χ0v) is 11.9. The Morgan fingerprint density at radius 1 is 1.50 bits per heavy atom. The van der Waals surface area contributed by atoms with Crippen molar-refractivity contribution in [1.82, 2.24) is 4.31 Å². The highest BCUT2D eigenvalue weighted by Crippen LogP contribution is 2.29. The van der Waals surface area contributed by atoms with Gasteiger partial charge in [-0.3, -0.25) is 0 Å². The first-order valence-electron chi connectivity index (χ1n) is 6.42. The van der Waals surface area contributed by atoms with E-state index in [1.54, 1.807) is 0 Å². The van der Waals surface area contributed by atoms with Crippen LogP contribution in [-0.2, 0) is 10.0 Å². The molecule has 0 saturated carbocycles. The van der Waals surface area contributed by atoms with Crippen molar-refractivity contribution in [2.24, 2.45) is 0 Å². The van der Waals surface area contributed by atoms with E-state index in [1.165, 1.54) is 4.31 Å². The summed E-state index contributed by atoms with van der Waals surface area (Å²) in [6, 6.07) is 2.68. The Morgan fingerprint density at radius 3 is 2.80 bits per heavy atom. The highest BCUT2D eigenvalue weighted by molar-refractivity contribution is 7.89. The first-order chi connectivity index (χ1) is 9.37. The zero-order valence-electron chi connectivity index (χ0n) is 11.0. The van der Waals surface area contributed by atoms with Gasteiger partial charge in [0.15, 0.2) is 0 Å². The maximum atomic E-state index is 13.8. The van der Waals surface area contributed by atoms with Crippen LogP contribution in [0.5, 0.6) is 0 Å². The molecule has 1 fully saturated rings. The van der Waals surface area contributed by atoms with Gasteiger partial charge in [0.2, 0.25) is 10.0 Å². The molecule has 1 aromatic carbocycles. The summed E-state index contributed by atoms with van der Waals surface area (Å²) < 4.78 is 40.1. The second kappa shape index (κ2) is 5.49. The van der Waals surface area contributed by atoms with Crippen molar-refractivity contribution in [2.75, 3.05) is 6.54 Å². The average molecular weight is 301 g/mol. The monoisotopic (exact) mass is 301 g/mol. The van der Waals surface area contributed by atoms with Crippen LogP contribution in [0.4, 0.5) is 4.39 Å². The molecule has 0 spiro atoms. The molecule has 20 heavy (non-hydrogen) atoms. The number of aromatic carboxylic acids is 1. The van der Waals surface area contributed by atoms with Gasteiger partial charge in [-0.1, -0.05) is 6.92 Å². The number of halogens is 1. The summed E-state index contributed by atoms with van der Waals surface area (Å²) in [7, 11) is -3.99. The molecule has 1 aliphatic heterocycles. The van der Waals surface area contributed by atoms with Crippen molar-refractivity contribution in [2.45, 2.75) is 37.1 Å². The summed E-state index contributed by atoms with van der Waals surface area (Å²) in [6.07, 6.45) is 2.13. The molecule has 0 amide bonds. The van der Waals surface area contributed by atoms with Crippen LogP contribution in [0.15, 0.2) is 23.1 Å². The van der Waals surface area contributed by atoms with Gasteiger partial charge in [0.05, 0.1) is 5.56 Å². The van der Waals surface area contributed by atoms with E-state index >= 15 is 0 Å². The third kappa shape index (κ3) is 2.55. The van der Waals surface area contributed by atoms with Crippen LogP contribution >= 0.6 is 0 Å². The molecular formula is C13H16FNO4S. The fraction of sp³-hybridized carbons (Fsp3) is 0.462. The number of benzene rings is 1. The summed E-state index contributed by atoms with van der Waals surface area (Å²) >= 11 is 0. The maximum Gasteiger partial charge on any atom is 0.335 e. The van der Waals surface area contributed by atoms with Crippen molar-refractivity contribution >= 4 is 16.0 Å². The summed E-state index contributed by atoms with van der Waals surface area (Å²) in [6.45, 7) is 2.22. The minimum Gasteiger partial charge on any atom is -0.478 e. The van der Waals surface area contributed by atoms with Crippen LogP contribution in [0, 0.1) is 5.82 Å². The van der Waals surface area contributed by atoms with E-state index in [-0.39, 0.29) is 11.6 Å². The highest BCUT2D eigenvalue weighted by atomic mass is 32.2. The number of sulfonamides is 1. The van der Waals surface area contributed by atoms with Crippen molar-refractivity contribution in [1.29, 1.82) is 0 Å². The van der Waals surface area contributed by atoms with Gasteiger partial charge in [-0.25, -0.2) is 17.6 Å². The predicted octanol–water partition coefficient (Wildman–Crippen LogP) is 2.09. The van der Waals surface area contributed by atoms with Gasteiger partial charge in [-0.2, -0.15) is 4.31 Å². The van der Waals surface area contributed by atoms with Gasteiger partial charge in [0, 0.05) is 12.6 Å². The normalized spacial score (nSPS) is 20.2. The van der Waals surface area contributed by atoms with Crippen LogP contribution in [0.3, 0.4) is 0 Å². The Balaban J connectivity index is 2.48. The largest absolute Gasteiger partial charge is 0.478 e. The van der Waals surface area contributed by atoms with E-state index in [2.05, 4.69) is 0 Å². The van der Waals surface area contributed by atoms with E-state index < -0.39 is 26.7 Å².